The molecule has 2 heterocycles. The van der Waals surface area contributed by atoms with Crippen molar-refractivity contribution in [2.75, 3.05) is 31.1 Å². The van der Waals surface area contributed by atoms with Crippen molar-refractivity contribution in [1.29, 1.82) is 0 Å². The summed E-state index contributed by atoms with van der Waals surface area (Å²) in [6.07, 6.45) is 1.68. The third-order valence-electron chi connectivity index (χ3n) is 5.61. The third kappa shape index (κ3) is 4.71. The van der Waals surface area contributed by atoms with Crippen molar-refractivity contribution in [3.63, 3.8) is 0 Å². The number of benzene rings is 2. The van der Waals surface area contributed by atoms with Gasteiger partial charge in [-0.1, -0.05) is 18.2 Å². The van der Waals surface area contributed by atoms with E-state index in [1.807, 2.05) is 25.1 Å². The molecule has 1 aliphatic rings. The molecule has 3 aromatic rings. The number of para-hydroxylation sites is 1. The number of aryl methyl sites for hydroxylation is 1. The Morgan fingerprint density at radius 3 is 2.94 bits per heavy atom. The lowest BCUT2D eigenvalue weighted by molar-refractivity contribution is 0.150. The Morgan fingerprint density at radius 1 is 1.29 bits per heavy atom. The van der Waals surface area contributed by atoms with E-state index in [4.69, 9.17) is 14.7 Å². The first kappa shape index (κ1) is 20.9. The summed E-state index contributed by atoms with van der Waals surface area (Å²) in [5.41, 5.74) is 2.59. The fourth-order valence-electron chi connectivity index (χ4n) is 4.08. The van der Waals surface area contributed by atoms with Gasteiger partial charge in [-0.2, -0.15) is 0 Å². The molecule has 4 rings (SSSR count). The maximum absolute atomic E-state index is 11.7. The topological polar surface area (TPSA) is 87.6 Å². The molecule has 0 spiro atoms. The molecule has 31 heavy (non-hydrogen) atoms. The summed E-state index contributed by atoms with van der Waals surface area (Å²) < 4.78 is 4.98. The van der Waals surface area contributed by atoms with E-state index in [1.165, 1.54) is 0 Å². The van der Waals surface area contributed by atoms with E-state index in [1.54, 1.807) is 19.1 Å². The number of ether oxygens (including phenoxy) is 1. The molecule has 1 saturated heterocycles. The number of aromatic nitrogens is 2. The molecule has 2 N–H and O–H groups in total. The van der Waals surface area contributed by atoms with Gasteiger partial charge in [0, 0.05) is 27.9 Å². The van der Waals surface area contributed by atoms with Crippen molar-refractivity contribution in [2.45, 2.75) is 26.7 Å². The molecule has 166 valence electrons. The number of aromatic hydroxyl groups is 1. The highest BCUT2D eigenvalue weighted by Crippen LogP contribution is 2.33. The van der Waals surface area contributed by atoms with E-state index in [0.717, 1.165) is 48.2 Å². The van der Waals surface area contributed by atoms with Gasteiger partial charge in [-0.25, -0.2) is 14.8 Å². The minimum Gasteiger partial charge on any atom is -0.507 e. The summed E-state index contributed by atoms with van der Waals surface area (Å²) in [7, 11) is 0. The second-order valence-electron chi connectivity index (χ2n) is 7.96. The number of carbonyl (C=O) groups excluding carboxylic acids is 1. The van der Waals surface area contributed by atoms with Gasteiger partial charge in [0.2, 0.25) is 0 Å². The number of piperidine rings is 1. The van der Waals surface area contributed by atoms with E-state index in [9.17, 15) is 9.90 Å². The van der Waals surface area contributed by atoms with E-state index >= 15 is 0 Å². The highest BCUT2D eigenvalue weighted by atomic mass is 16.5. The van der Waals surface area contributed by atoms with Gasteiger partial charge < -0.3 is 20.1 Å². The Bertz CT molecular complexity index is 1100. The van der Waals surface area contributed by atoms with Crippen LogP contribution in [-0.2, 0) is 4.74 Å². The minimum atomic E-state index is -0.371. The standard InChI is InChI=1S/C24H28N4O3.2H2/c1-3-31-24(30)25-14-17-7-6-12-28(15-17)23-18-11-10-16(2)13-20(18)26-22(27-23)19-8-4-5-9-21(19)29;;/h4-5,8-11,13,17,29H,3,6-7,12,14-15H2,1-2H3,(H,25,30);2*1H/t17-;;/m0../s1. The maximum atomic E-state index is 11.7. The van der Waals surface area contributed by atoms with Gasteiger partial charge in [-0.05, 0) is 62.4 Å². The SMILES string of the molecule is CCOC(=O)NC[C@@H]1CCCN(c2nc(-c3ccccc3O)nc3cc(C)ccc23)C1.[HH].[HH]. The van der Waals surface area contributed by atoms with Crippen molar-refractivity contribution in [2.24, 2.45) is 5.92 Å². The van der Waals surface area contributed by atoms with Crippen molar-refractivity contribution in [1.82, 2.24) is 15.3 Å². The zero-order valence-corrected chi connectivity index (χ0v) is 18.0. The van der Waals surface area contributed by atoms with E-state index in [0.29, 0.717) is 30.5 Å². The molecule has 0 bridgehead atoms. The first-order valence-corrected chi connectivity index (χ1v) is 10.8. The fourth-order valence-corrected chi connectivity index (χ4v) is 4.08. The van der Waals surface area contributed by atoms with Crippen LogP contribution in [0.15, 0.2) is 42.5 Å². The van der Waals surface area contributed by atoms with Crippen molar-refractivity contribution in [3.05, 3.63) is 48.0 Å². The molecule has 1 aliphatic heterocycles. The number of phenolic OH excluding ortho intramolecular Hbond substituents is 1. The van der Waals surface area contributed by atoms with Gasteiger partial charge in [-0.15, -0.1) is 0 Å². The minimum absolute atomic E-state index is 0. The Hall–Kier alpha value is -3.35. The number of nitrogens with one attached hydrogen (secondary N) is 1. The molecular weight excluding hydrogens is 392 g/mol. The van der Waals surface area contributed by atoms with Gasteiger partial charge >= 0.3 is 6.09 Å². The summed E-state index contributed by atoms with van der Waals surface area (Å²) in [5, 5.41) is 14.2. The van der Waals surface area contributed by atoms with Crippen LogP contribution in [0.25, 0.3) is 22.3 Å². The molecule has 0 radical (unpaired) electrons. The summed E-state index contributed by atoms with van der Waals surface area (Å²) in [6, 6.07) is 13.3. The monoisotopic (exact) mass is 424 g/mol. The molecular formula is C24H32N4O3. The normalized spacial score (nSPS) is 16.3. The van der Waals surface area contributed by atoms with Crippen LogP contribution in [0.2, 0.25) is 0 Å². The maximum Gasteiger partial charge on any atom is 0.407 e. The van der Waals surface area contributed by atoms with Crippen molar-refractivity contribution < 1.29 is 17.5 Å². The van der Waals surface area contributed by atoms with Gasteiger partial charge in [0.25, 0.3) is 0 Å². The number of carbonyl (C=O) groups is 1. The lowest BCUT2D eigenvalue weighted by Crippen LogP contribution is -2.41. The smallest absolute Gasteiger partial charge is 0.407 e. The van der Waals surface area contributed by atoms with Gasteiger partial charge in [-0.3, -0.25) is 0 Å². The molecule has 0 unspecified atom stereocenters. The predicted octanol–water partition coefficient (Wildman–Crippen LogP) is 4.77. The van der Waals surface area contributed by atoms with Crippen molar-refractivity contribution in [3.8, 4) is 17.1 Å². The van der Waals surface area contributed by atoms with Crippen LogP contribution >= 0.6 is 0 Å². The molecule has 7 nitrogen and oxygen atoms in total. The van der Waals surface area contributed by atoms with Gasteiger partial charge in [0.15, 0.2) is 5.82 Å². The van der Waals surface area contributed by atoms with Gasteiger partial charge in [0.1, 0.15) is 11.6 Å². The molecule has 7 heteroatoms. The summed E-state index contributed by atoms with van der Waals surface area (Å²) in [5.74, 6) is 1.85. The Kier molecular flexibility index (Phi) is 6.21. The van der Waals surface area contributed by atoms with Crippen LogP contribution in [0.4, 0.5) is 10.6 Å². The summed E-state index contributed by atoms with van der Waals surface area (Å²) in [4.78, 5) is 23.6. The number of hydrogen-bond acceptors (Lipinski definition) is 6. The number of hydrogen-bond donors (Lipinski definition) is 2. The lowest BCUT2D eigenvalue weighted by atomic mass is 9.97. The number of rotatable bonds is 5. The average molecular weight is 425 g/mol. The first-order chi connectivity index (χ1) is 15.0. The van der Waals surface area contributed by atoms with Crippen LogP contribution < -0.4 is 10.2 Å². The second kappa shape index (κ2) is 9.20. The molecule has 1 aromatic heterocycles. The Labute approximate surface area is 185 Å². The Morgan fingerprint density at radius 2 is 2.13 bits per heavy atom. The number of amides is 1. The molecule has 1 fully saturated rings. The molecule has 1 amide bonds. The quantitative estimate of drug-likeness (QED) is 0.614. The largest absolute Gasteiger partial charge is 0.507 e. The molecule has 2 aromatic carbocycles. The van der Waals surface area contributed by atoms with Crippen LogP contribution in [0.5, 0.6) is 5.75 Å². The highest BCUT2D eigenvalue weighted by molar-refractivity contribution is 5.92. The number of nitrogens with zero attached hydrogens (tertiary/aromatic N) is 3. The third-order valence-corrected chi connectivity index (χ3v) is 5.61. The van der Waals surface area contributed by atoms with E-state index < -0.39 is 0 Å². The number of alkyl carbamates (subject to hydrolysis) is 1. The van der Waals surface area contributed by atoms with Gasteiger partial charge in [0.05, 0.1) is 17.7 Å². The molecule has 0 saturated carbocycles. The van der Waals surface area contributed by atoms with Crippen LogP contribution in [0.3, 0.4) is 0 Å². The highest BCUT2D eigenvalue weighted by Gasteiger charge is 2.24. The van der Waals surface area contributed by atoms with E-state index in [2.05, 4.69) is 22.3 Å². The van der Waals surface area contributed by atoms with E-state index in [-0.39, 0.29) is 14.7 Å². The number of anilines is 1. The predicted molar refractivity (Wildman–Crippen MR) is 126 cm³/mol. The van der Waals surface area contributed by atoms with Crippen LogP contribution in [-0.4, -0.2) is 47.4 Å². The van der Waals surface area contributed by atoms with Crippen LogP contribution in [0, 0.1) is 12.8 Å². The zero-order valence-electron chi connectivity index (χ0n) is 18.0. The molecule has 1 atom stereocenters. The Balaban J connectivity index is 0.00000193. The van der Waals surface area contributed by atoms with Crippen LogP contribution in [0.1, 0.15) is 28.2 Å². The number of phenols is 1. The molecule has 0 aliphatic carbocycles. The first-order valence-electron chi connectivity index (χ1n) is 10.8. The lowest BCUT2D eigenvalue weighted by Gasteiger charge is -2.34. The number of fused-ring (bicyclic) bond motifs is 1. The van der Waals surface area contributed by atoms with Crippen molar-refractivity contribution >= 4 is 22.8 Å². The summed E-state index contributed by atoms with van der Waals surface area (Å²) >= 11 is 0. The fraction of sp³-hybridized carbons (Fsp3) is 0.375. The second-order valence-corrected chi connectivity index (χ2v) is 7.96. The summed E-state index contributed by atoms with van der Waals surface area (Å²) in [6.45, 7) is 6.45. The average Bonchev–Trinajstić information content (AvgIpc) is 2.77. The zero-order chi connectivity index (χ0) is 21.8.